The van der Waals surface area contributed by atoms with E-state index >= 15 is 0 Å². The van der Waals surface area contributed by atoms with Crippen molar-refractivity contribution >= 4 is 23.6 Å². The first-order valence-corrected chi connectivity index (χ1v) is 8.25. The van der Waals surface area contributed by atoms with E-state index in [0.29, 0.717) is 0 Å². The van der Waals surface area contributed by atoms with Gasteiger partial charge in [-0.15, -0.1) is 0 Å². The summed E-state index contributed by atoms with van der Waals surface area (Å²) in [4.78, 5) is 23.9. The average Bonchev–Trinajstić information content (AvgIpc) is 2.54. The number of hydrogen-bond donors (Lipinski definition) is 2. The molecule has 0 unspecified atom stereocenters. The van der Waals surface area contributed by atoms with Gasteiger partial charge in [-0.2, -0.15) is 0 Å². The Labute approximate surface area is 149 Å². The number of carbonyl (C=O) groups is 2. The van der Waals surface area contributed by atoms with E-state index in [4.69, 9.17) is 0 Å². The van der Waals surface area contributed by atoms with E-state index in [1.807, 2.05) is 64.1 Å². The molecule has 2 amide bonds. The molecule has 0 aliphatic carbocycles. The predicted molar refractivity (Wildman–Crippen MR) is 103 cm³/mol. The molecule has 2 rings (SSSR count). The second-order valence-corrected chi connectivity index (χ2v) is 6.29. The van der Waals surface area contributed by atoms with E-state index in [1.165, 1.54) is 6.08 Å². The maximum atomic E-state index is 12.1. The first-order valence-electron chi connectivity index (χ1n) is 8.25. The van der Waals surface area contributed by atoms with Crippen LogP contribution < -0.4 is 10.6 Å². The van der Waals surface area contributed by atoms with Gasteiger partial charge in [-0.3, -0.25) is 9.59 Å². The Hall–Kier alpha value is -2.88. The van der Waals surface area contributed by atoms with Gasteiger partial charge in [-0.25, -0.2) is 0 Å². The summed E-state index contributed by atoms with van der Waals surface area (Å²) in [5.74, 6) is -0.540. The number of rotatable bonds is 5. The Morgan fingerprint density at radius 3 is 2.28 bits per heavy atom. The monoisotopic (exact) mass is 336 g/mol. The molecule has 4 nitrogen and oxygen atoms in total. The third-order valence-corrected chi connectivity index (χ3v) is 3.83. The summed E-state index contributed by atoms with van der Waals surface area (Å²) in [6.45, 7) is 7.87. The molecule has 130 valence electrons. The van der Waals surface area contributed by atoms with E-state index < -0.39 is 0 Å². The van der Waals surface area contributed by atoms with Crippen molar-refractivity contribution < 1.29 is 9.59 Å². The van der Waals surface area contributed by atoms with Gasteiger partial charge < -0.3 is 10.6 Å². The van der Waals surface area contributed by atoms with Crippen LogP contribution in [0.4, 0.5) is 5.69 Å². The number of carbonyl (C=O) groups excluding carboxylic acids is 2. The summed E-state index contributed by atoms with van der Waals surface area (Å²) >= 11 is 0. The number of amides is 2. The van der Waals surface area contributed by atoms with Crippen molar-refractivity contribution in [3.05, 3.63) is 70.3 Å². The van der Waals surface area contributed by atoms with Crippen LogP contribution in [-0.2, 0) is 9.59 Å². The second kappa shape index (κ2) is 8.29. The zero-order valence-corrected chi connectivity index (χ0v) is 15.1. The highest BCUT2D eigenvalue weighted by Crippen LogP contribution is 2.21. The summed E-state index contributed by atoms with van der Waals surface area (Å²) in [6, 6.07) is 11.9. The smallest absolute Gasteiger partial charge is 0.244 e. The molecule has 0 atom stereocenters. The normalized spacial score (nSPS) is 10.7. The molecular weight excluding hydrogens is 312 g/mol. The van der Waals surface area contributed by atoms with Gasteiger partial charge in [-0.1, -0.05) is 47.5 Å². The van der Waals surface area contributed by atoms with Crippen molar-refractivity contribution in [3.63, 3.8) is 0 Å². The van der Waals surface area contributed by atoms with Crippen LogP contribution in [0, 0.1) is 27.7 Å². The van der Waals surface area contributed by atoms with Gasteiger partial charge in [0.05, 0.1) is 6.54 Å². The van der Waals surface area contributed by atoms with Gasteiger partial charge in [0.15, 0.2) is 0 Å². The number of aryl methyl sites for hydroxylation is 4. The van der Waals surface area contributed by atoms with Crippen LogP contribution in [0.1, 0.15) is 27.8 Å². The summed E-state index contributed by atoms with van der Waals surface area (Å²) in [6.07, 6.45) is 3.17. The van der Waals surface area contributed by atoms with Crippen molar-refractivity contribution in [2.24, 2.45) is 0 Å². The van der Waals surface area contributed by atoms with Crippen LogP contribution in [0.3, 0.4) is 0 Å². The van der Waals surface area contributed by atoms with Crippen LogP contribution in [0.5, 0.6) is 0 Å². The quantitative estimate of drug-likeness (QED) is 0.818. The topological polar surface area (TPSA) is 58.2 Å². The maximum absolute atomic E-state index is 12.1. The number of anilines is 1. The lowest BCUT2D eigenvalue weighted by Gasteiger charge is -2.13. The van der Waals surface area contributed by atoms with Crippen LogP contribution in [0.25, 0.3) is 6.08 Å². The molecule has 25 heavy (non-hydrogen) atoms. The van der Waals surface area contributed by atoms with Crippen molar-refractivity contribution in [2.45, 2.75) is 27.7 Å². The molecule has 2 aromatic carbocycles. The van der Waals surface area contributed by atoms with E-state index in [-0.39, 0.29) is 18.4 Å². The minimum atomic E-state index is -0.297. The lowest BCUT2D eigenvalue weighted by Crippen LogP contribution is -2.32. The second-order valence-electron chi connectivity index (χ2n) is 6.29. The molecule has 0 bridgehead atoms. The zero-order chi connectivity index (χ0) is 18.4. The molecule has 0 aromatic heterocycles. The van der Waals surface area contributed by atoms with Gasteiger partial charge in [0.25, 0.3) is 0 Å². The molecule has 0 spiro atoms. The zero-order valence-electron chi connectivity index (χ0n) is 15.1. The minimum Gasteiger partial charge on any atom is -0.343 e. The fraction of sp³-hybridized carbons (Fsp3) is 0.238. The number of benzene rings is 2. The fourth-order valence-electron chi connectivity index (χ4n) is 2.73. The standard InChI is InChI=1S/C21H24N2O2/c1-14-6-5-7-18(12-14)8-9-19(24)22-13-20(25)23-21-16(3)10-15(2)11-17(21)4/h5-12H,13H2,1-4H3,(H,22,24)(H,23,25)/b9-8+. The highest BCUT2D eigenvalue weighted by atomic mass is 16.2. The summed E-state index contributed by atoms with van der Waals surface area (Å²) < 4.78 is 0. The Kier molecular flexibility index (Phi) is 6.12. The highest BCUT2D eigenvalue weighted by Gasteiger charge is 2.09. The highest BCUT2D eigenvalue weighted by molar-refractivity contribution is 5.98. The largest absolute Gasteiger partial charge is 0.343 e. The molecule has 0 saturated heterocycles. The van der Waals surface area contributed by atoms with Gasteiger partial charge >= 0.3 is 0 Å². The summed E-state index contributed by atoms with van der Waals surface area (Å²) in [5, 5.41) is 5.46. The van der Waals surface area contributed by atoms with Gasteiger partial charge in [0.1, 0.15) is 0 Å². The van der Waals surface area contributed by atoms with Crippen LogP contribution in [0.2, 0.25) is 0 Å². The third kappa shape index (κ3) is 5.60. The first-order chi connectivity index (χ1) is 11.8. The SMILES string of the molecule is Cc1cccc(/C=C/C(=O)NCC(=O)Nc2c(C)cc(C)cc2C)c1. The van der Waals surface area contributed by atoms with Crippen molar-refractivity contribution in [1.82, 2.24) is 5.32 Å². The summed E-state index contributed by atoms with van der Waals surface area (Å²) in [7, 11) is 0. The lowest BCUT2D eigenvalue weighted by atomic mass is 10.1. The Bertz CT molecular complexity index is 799. The molecule has 0 aliphatic rings. The molecule has 0 heterocycles. The van der Waals surface area contributed by atoms with Crippen LogP contribution >= 0.6 is 0 Å². The van der Waals surface area contributed by atoms with E-state index in [0.717, 1.165) is 33.5 Å². The molecular formula is C21H24N2O2. The van der Waals surface area contributed by atoms with Gasteiger partial charge in [0, 0.05) is 11.8 Å². The van der Waals surface area contributed by atoms with E-state index in [2.05, 4.69) is 10.6 Å². The van der Waals surface area contributed by atoms with E-state index in [9.17, 15) is 9.59 Å². The van der Waals surface area contributed by atoms with Gasteiger partial charge in [0.2, 0.25) is 11.8 Å². The minimum absolute atomic E-state index is 0.0657. The molecule has 4 heteroatoms. The Morgan fingerprint density at radius 2 is 1.64 bits per heavy atom. The predicted octanol–water partition coefficient (Wildman–Crippen LogP) is 3.69. The fourth-order valence-corrected chi connectivity index (χ4v) is 2.73. The van der Waals surface area contributed by atoms with E-state index in [1.54, 1.807) is 6.08 Å². The third-order valence-electron chi connectivity index (χ3n) is 3.83. The van der Waals surface area contributed by atoms with Crippen LogP contribution in [0.15, 0.2) is 42.5 Å². The van der Waals surface area contributed by atoms with Crippen molar-refractivity contribution in [1.29, 1.82) is 0 Å². The van der Waals surface area contributed by atoms with Crippen molar-refractivity contribution in [2.75, 3.05) is 11.9 Å². The molecule has 2 aromatic rings. The van der Waals surface area contributed by atoms with Gasteiger partial charge in [-0.05, 0) is 50.5 Å². The molecule has 0 radical (unpaired) electrons. The Morgan fingerprint density at radius 1 is 0.960 bits per heavy atom. The Balaban J connectivity index is 1.88. The summed E-state index contributed by atoms with van der Waals surface area (Å²) in [5.41, 5.74) is 6.06. The maximum Gasteiger partial charge on any atom is 0.244 e. The number of hydrogen-bond acceptors (Lipinski definition) is 2. The van der Waals surface area contributed by atoms with Crippen molar-refractivity contribution in [3.8, 4) is 0 Å². The van der Waals surface area contributed by atoms with Crippen LogP contribution in [-0.4, -0.2) is 18.4 Å². The first kappa shape index (κ1) is 18.5. The lowest BCUT2D eigenvalue weighted by molar-refractivity contribution is -0.121. The molecule has 2 N–H and O–H groups in total. The average molecular weight is 336 g/mol. The molecule has 0 fully saturated rings. The number of nitrogens with one attached hydrogen (secondary N) is 2. The molecule has 0 saturated carbocycles. The molecule has 0 aliphatic heterocycles.